The van der Waals surface area contributed by atoms with E-state index in [2.05, 4.69) is 187 Å². The van der Waals surface area contributed by atoms with Gasteiger partial charge in [-0.1, -0.05) is 152 Å². The van der Waals surface area contributed by atoms with Crippen LogP contribution in [0.15, 0.2) is 192 Å². The Balaban J connectivity index is 1.31. The highest BCUT2D eigenvalue weighted by atomic mass is 16.3. The van der Waals surface area contributed by atoms with Crippen LogP contribution in [0, 0.1) is 0 Å². The molecular weight excluding hydrogens is 583 g/mol. The van der Waals surface area contributed by atoms with Gasteiger partial charge in [0.1, 0.15) is 11.2 Å². The molecule has 0 N–H and O–H groups in total. The monoisotopic (exact) mass is 613 g/mol. The van der Waals surface area contributed by atoms with Gasteiger partial charge in [-0.15, -0.1) is 0 Å². The molecule has 1 aromatic heterocycles. The number of para-hydroxylation sites is 2. The minimum absolute atomic E-state index is 0.875. The van der Waals surface area contributed by atoms with Gasteiger partial charge in [-0.05, 0) is 69.4 Å². The van der Waals surface area contributed by atoms with Crippen molar-refractivity contribution >= 4 is 49.8 Å². The summed E-state index contributed by atoms with van der Waals surface area (Å²) in [6, 6.07) is 66.9. The molecule has 0 aliphatic rings. The molecule has 0 aliphatic carbocycles. The molecule has 0 spiro atoms. The first-order valence-corrected chi connectivity index (χ1v) is 16.4. The lowest BCUT2D eigenvalue weighted by atomic mass is 9.97. The largest absolute Gasteiger partial charge is 0.455 e. The second-order valence-electron chi connectivity index (χ2n) is 12.1. The SMILES string of the molecule is c1ccc(-c2ccc(-c3ccccc3N(c3ccc4ccccc4c3)c3ccc(-c4ccccc4)c4oc5ccccc5c34)cc2)cc1. The van der Waals surface area contributed by atoms with Gasteiger partial charge in [0.2, 0.25) is 0 Å². The Kier molecular flexibility index (Phi) is 6.84. The molecule has 0 bridgehead atoms. The van der Waals surface area contributed by atoms with Crippen molar-refractivity contribution in [3.8, 4) is 33.4 Å². The van der Waals surface area contributed by atoms with Gasteiger partial charge in [-0.25, -0.2) is 0 Å². The van der Waals surface area contributed by atoms with Crippen LogP contribution in [-0.2, 0) is 0 Å². The molecule has 8 aromatic carbocycles. The lowest BCUT2D eigenvalue weighted by Crippen LogP contribution is -2.11. The molecule has 0 unspecified atom stereocenters. The molecule has 48 heavy (non-hydrogen) atoms. The maximum Gasteiger partial charge on any atom is 0.145 e. The molecule has 9 rings (SSSR count). The van der Waals surface area contributed by atoms with E-state index in [0.717, 1.165) is 61.3 Å². The lowest BCUT2D eigenvalue weighted by Gasteiger charge is -2.29. The van der Waals surface area contributed by atoms with Crippen LogP contribution in [0.5, 0.6) is 0 Å². The third kappa shape index (κ3) is 4.83. The number of anilines is 3. The van der Waals surface area contributed by atoms with Crippen molar-refractivity contribution in [2.45, 2.75) is 0 Å². The summed E-state index contributed by atoms with van der Waals surface area (Å²) < 4.78 is 6.71. The zero-order chi connectivity index (χ0) is 31.9. The van der Waals surface area contributed by atoms with Crippen LogP contribution < -0.4 is 4.90 Å². The normalized spacial score (nSPS) is 11.3. The molecule has 9 aromatic rings. The van der Waals surface area contributed by atoms with Crippen molar-refractivity contribution in [1.29, 1.82) is 0 Å². The van der Waals surface area contributed by atoms with Crippen LogP contribution in [0.1, 0.15) is 0 Å². The van der Waals surface area contributed by atoms with Crippen molar-refractivity contribution in [3.63, 3.8) is 0 Å². The van der Waals surface area contributed by atoms with E-state index in [1.807, 2.05) is 6.07 Å². The Hall–Kier alpha value is -6.38. The minimum atomic E-state index is 0.875. The second kappa shape index (κ2) is 11.8. The van der Waals surface area contributed by atoms with E-state index in [0.29, 0.717) is 0 Å². The summed E-state index contributed by atoms with van der Waals surface area (Å²) in [4.78, 5) is 2.41. The third-order valence-corrected chi connectivity index (χ3v) is 9.27. The summed E-state index contributed by atoms with van der Waals surface area (Å²) in [5, 5.41) is 4.59. The Morgan fingerprint density at radius 2 is 0.979 bits per heavy atom. The van der Waals surface area contributed by atoms with Crippen molar-refractivity contribution < 1.29 is 4.42 Å². The summed E-state index contributed by atoms with van der Waals surface area (Å²) in [6.45, 7) is 0. The number of furan rings is 1. The number of fused-ring (bicyclic) bond motifs is 4. The lowest BCUT2D eigenvalue weighted by molar-refractivity contribution is 0.670. The highest BCUT2D eigenvalue weighted by molar-refractivity contribution is 6.17. The van der Waals surface area contributed by atoms with Gasteiger partial charge in [0, 0.05) is 22.2 Å². The molecule has 0 radical (unpaired) electrons. The van der Waals surface area contributed by atoms with E-state index in [1.54, 1.807) is 0 Å². The van der Waals surface area contributed by atoms with E-state index in [4.69, 9.17) is 4.42 Å². The van der Waals surface area contributed by atoms with Gasteiger partial charge < -0.3 is 9.32 Å². The fraction of sp³-hybridized carbons (Fsp3) is 0. The first kappa shape index (κ1) is 27.9. The van der Waals surface area contributed by atoms with E-state index < -0.39 is 0 Å². The molecule has 0 fully saturated rings. The second-order valence-corrected chi connectivity index (χ2v) is 12.1. The number of rotatable bonds is 6. The van der Waals surface area contributed by atoms with Gasteiger partial charge in [-0.2, -0.15) is 0 Å². The van der Waals surface area contributed by atoms with Crippen LogP contribution in [0.4, 0.5) is 17.1 Å². The van der Waals surface area contributed by atoms with Gasteiger partial charge in [0.15, 0.2) is 0 Å². The fourth-order valence-corrected chi connectivity index (χ4v) is 6.95. The van der Waals surface area contributed by atoms with Crippen LogP contribution in [0.3, 0.4) is 0 Å². The molecule has 0 aliphatic heterocycles. The Bertz CT molecular complexity index is 2550. The smallest absolute Gasteiger partial charge is 0.145 e. The molecule has 0 atom stereocenters. The van der Waals surface area contributed by atoms with Crippen LogP contribution >= 0.6 is 0 Å². The number of nitrogens with zero attached hydrogens (tertiary/aromatic N) is 1. The average molecular weight is 614 g/mol. The molecule has 0 saturated carbocycles. The summed E-state index contributed by atoms with van der Waals surface area (Å²) >= 11 is 0. The minimum Gasteiger partial charge on any atom is -0.455 e. The molecule has 1 heterocycles. The maximum absolute atomic E-state index is 6.71. The van der Waals surface area contributed by atoms with Gasteiger partial charge in [0.25, 0.3) is 0 Å². The molecular formula is C46H31NO. The van der Waals surface area contributed by atoms with Crippen molar-refractivity contribution in [1.82, 2.24) is 0 Å². The standard InChI is InChI=1S/C46H31NO/c1-3-13-32(14-4-1)34-23-25-36(26-24-34)39-19-9-11-21-42(39)47(38-28-27-33-15-7-8-18-37(33)31-38)43-30-29-40(35-16-5-2-6-17-35)46-45(43)41-20-10-12-22-44(41)48-46/h1-31H. The predicted molar refractivity (Wildman–Crippen MR) is 202 cm³/mol. The van der Waals surface area contributed by atoms with Crippen LogP contribution in [-0.4, -0.2) is 0 Å². The van der Waals surface area contributed by atoms with E-state index in [1.165, 1.54) is 21.9 Å². The first-order chi connectivity index (χ1) is 23.8. The molecule has 0 saturated heterocycles. The fourth-order valence-electron chi connectivity index (χ4n) is 6.95. The van der Waals surface area contributed by atoms with E-state index in [9.17, 15) is 0 Å². The third-order valence-electron chi connectivity index (χ3n) is 9.27. The van der Waals surface area contributed by atoms with Crippen molar-refractivity contribution in [3.05, 3.63) is 188 Å². The summed E-state index contributed by atoms with van der Waals surface area (Å²) in [5.74, 6) is 0. The molecule has 2 nitrogen and oxygen atoms in total. The summed E-state index contributed by atoms with van der Waals surface area (Å²) in [5.41, 5.74) is 11.9. The summed E-state index contributed by atoms with van der Waals surface area (Å²) in [6.07, 6.45) is 0. The number of benzene rings is 8. The van der Waals surface area contributed by atoms with Crippen LogP contribution in [0.2, 0.25) is 0 Å². The molecule has 226 valence electrons. The average Bonchev–Trinajstić information content (AvgIpc) is 3.56. The number of hydrogen-bond donors (Lipinski definition) is 0. The van der Waals surface area contributed by atoms with Gasteiger partial charge >= 0.3 is 0 Å². The predicted octanol–water partition coefficient (Wildman–Crippen LogP) is 13.2. The summed E-state index contributed by atoms with van der Waals surface area (Å²) in [7, 11) is 0. The molecule has 0 amide bonds. The zero-order valence-corrected chi connectivity index (χ0v) is 26.3. The van der Waals surface area contributed by atoms with E-state index >= 15 is 0 Å². The van der Waals surface area contributed by atoms with Crippen molar-refractivity contribution in [2.75, 3.05) is 4.90 Å². The quantitative estimate of drug-likeness (QED) is 0.185. The maximum atomic E-state index is 6.71. The van der Waals surface area contributed by atoms with Gasteiger partial charge in [-0.3, -0.25) is 0 Å². The Morgan fingerprint density at radius 1 is 0.375 bits per heavy atom. The Morgan fingerprint density at radius 3 is 1.79 bits per heavy atom. The number of hydrogen-bond acceptors (Lipinski definition) is 2. The van der Waals surface area contributed by atoms with Crippen molar-refractivity contribution in [2.24, 2.45) is 0 Å². The van der Waals surface area contributed by atoms with Gasteiger partial charge in [0.05, 0.1) is 16.8 Å². The first-order valence-electron chi connectivity index (χ1n) is 16.4. The molecule has 2 heteroatoms. The topological polar surface area (TPSA) is 16.4 Å². The highest BCUT2D eigenvalue weighted by Gasteiger charge is 2.24. The highest BCUT2D eigenvalue weighted by Crippen LogP contribution is 2.48. The van der Waals surface area contributed by atoms with E-state index in [-0.39, 0.29) is 0 Å². The van der Waals surface area contributed by atoms with Crippen LogP contribution in [0.25, 0.3) is 66.1 Å². The zero-order valence-electron chi connectivity index (χ0n) is 26.3. The Labute approximate surface area is 279 Å².